The minimum absolute atomic E-state index is 0.595. The molecule has 0 spiro atoms. The van der Waals surface area contributed by atoms with Crippen LogP contribution in [0.1, 0.15) is 0 Å². The van der Waals surface area contributed by atoms with Gasteiger partial charge in [0.1, 0.15) is 11.2 Å². The van der Waals surface area contributed by atoms with Crippen LogP contribution in [-0.4, -0.2) is 15.0 Å². The highest BCUT2D eigenvalue weighted by Crippen LogP contribution is 2.42. The molecule has 0 amide bonds. The fourth-order valence-electron chi connectivity index (χ4n) is 7.82. The van der Waals surface area contributed by atoms with E-state index in [4.69, 9.17) is 19.4 Å². The lowest BCUT2D eigenvalue weighted by Crippen LogP contribution is -2.01. The maximum atomic E-state index is 6.71. The summed E-state index contributed by atoms with van der Waals surface area (Å²) in [6.45, 7) is 0. The first-order chi connectivity index (χ1) is 26.2. The summed E-state index contributed by atoms with van der Waals surface area (Å²) in [6.07, 6.45) is 0. The zero-order chi connectivity index (χ0) is 34.9. The monoisotopic (exact) mass is 675 g/mol. The van der Waals surface area contributed by atoms with E-state index in [9.17, 15) is 0 Å². The second-order valence-corrected chi connectivity index (χ2v) is 13.6. The Labute approximate surface area is 304 Å². The van der Waals surface area contributed by atoms with Crippen molar-refractivity contribution in [3.63, 3.8) is 0 Å². The van der Waals surface area contributed by atoms with Crippen LogP contribution in [0, 0.1) is 0 Å². The molecular weight excluding hydrogens is 647 g/mol. The Morgan fingerprint density at radius 3 is 1.55 bits per heavy atom. The molecule has 53 heavy (non-hydrogen) atoms. The van der Waals surface area contributed by atoms with Crippen molar-refractivity contribution in [2.75, 3.05) is 0 Å². The fraction of sp³-hybridized carbons (Fsp3) is 0. The molecule has 4 nitrogen and oxygen atoms in total. The van der Waals surface area contributed by atoms with Crippen LogP contribution < -0.4 is 0 Å². The minimum atomic E-state index is 0.595. The lowest BCUT2D eigenvalue weighted by Gasteiger charge is -2.12. The topological polar surface area (TPSA) is 51.8 Å². The Morgan fingerprint density at radius 1 is 0.321 bits per heavy atom. The van der Waals surface area contributed by atoms with E-state index in [1.165, 1.54) is 32.3 Å². The zero-order valence-electron chi connectivity index (χ0n) is 28.5. The molecule has 11 aromatic rings. The predicted octanol–water partition coefficient (Wildman–Crippen LogP) is 13.1. The van der Waals surface area contributed by atoms with Crippen molar-refractivity contribution in [3.05, 3.63) is 176 Å². The van der Waals surface area contributed by atoms with Crippen LogP contribution in [0.2, 0.25) is 0 Å². The van der Waals surface area contributed by atoms with E-state index in [1.807, 2.05) is 12.1 Å². The summed E-state index contributed by atoms with van der Waals surface area (Å²) < 4.78 is 6.71. The van der Waals surface area contributed by atoms with Crippen LogP contribution >= 0.6 is 0 Å². The van der Waals surface area contributed by atoms with Gasteiger partial charge in [0.2, 0.25) is 0 Å². The second-order valence-electron chi connectivity index (χ2n) is 13.6. The van der Waals surface area contributed by atoms with Gasteiger partial charge >= 0.3 is 0 Å². The summed E-state index contributed by atoms with van der Waals surface area (Å²) in [6, 6.07) is 61.7. The molecule has 9 aromatic carbocycles. The SMILES string of the molecule is c1ccc2cc(-c3nc(-c4ccc5ccc6ccccc6c5c4)nc(-c4ccc(-c5ccc6ccccc6c5)c5oc6ccccc6c45)n3)ccc2c1. The molecule has 11 rings (SSSR count). The van der Waals surface area contributed by atoms with Crippen LogP contribution in [0.3, 0.4) is 0 Å². The highest BCUT2D eigenvalue weighted by atomic mass is 16.3. The summed E-state index contributed by atoms with van der Waals surface area (Å²) in [5.41, 5.74) is 6.51. The van der Waals surface area contributed by atoms with Gasteiger partial charge in [-0.3, -0.25) is 0 Å². The van der Waals surface area contributed by atoms with Crippen molar-refractivity contribution in [1.82, 2.24) is 15.0 Å². The van der Waals surface area contributed by atoms with Gasteiger partial charge < -0.3 is 4.42 Å². The summed E-state index contributed by atoms with van der Waals surface area (Å²) >= 11 is 0. The third-order valence-electron chi connectivity index (χ3n) is 10.5. The summed E-state index contributed by atoms with van der Waals surface area (Å²) in [5, 5.41) is 11.4. The Morgan fingerprint density at radius 2 is 0.811 bits per heavy atom. The van der Waals surface area contributed by atoms with Crippen LogP contribution in [-0.2, 0) is 0 Å². The van der Waals surface area contributed by atoms with E-state index >= 15 is 0 Å². The average Bonchev–Trinajstić information content (AvgIpc) is 3.62. The van der Waals surface area contributed by atoms with Crippen LogP contribution in [0.4, 0.5) is 0 Å². The first kappa shape index (κ1) is 29.5. The van der Waals surface area contributed by atoms with Gasteiger partial charge in [0, 0.05) is 33.0 Å². The molecule has 0 saturated heterocycles. The Balaban J connectivity index is 1.17. The molecule has 246 valence electrons. The van der Waals surface area contributed by atoms with Crippen molar-refractivity contribution < 1.29 is 4.42 Å². The van der Waals surface area contributed by atoms with Gasteiger partial charge in [-0.15, -0.1) is 0 Å². The molecule has 0 unspecified atom stereocenters. The van der Waals surface area contributed by atoms with E-state index < -0.39 is 0 Å². The minimum Gasteiger partial charge on any atom is -0.455 e. The van der Waals surface area contributed by atoms with Crippen molar-refractivity contribution in [2.45, 2.75) is 0 Å². The maximum Gasteiger partial charge on any atom is 0.164 e. The molecule has 0 aliphatic carbocycles. The lowest BCUT2D eigenvalue weighted by molar-refractivity contribution is 0.670. The zero-order valence-corrected chi connectivity index (χ0v) is 28.5. The van der Waals surface area contributed by atoms with Gasteiger partial charge in [-0.2, -0.15) is 0 Å². The van der Waals surface area contributed by atoms with Crippen LogP contribution in [0.25, 0.3) is 110 Å². The smallest absolute Gasteiger partial charge is 0.164 e. The Hall–Kier alpha value is -7.17. The standard InChI is InChI=1S/C49H29N3O/c1-3-12-34-27-36(22-17-30(34)9-1)40-25-26-42(45-41-15-7-8-16-44(41)53-46(40)45)49-51-47(37-23-18-31-10-2-4-13-35(31)28-37)50-48(52-49)38-24-21-33-20-19-32-11-5-6-14-39(32)43(33)29-38/h1-29H. The van der Waals surface area contributed by atoms with E-state index in [2.05, 4.69) is 164 Å². The molecule has 2 heterocycles. The number of hydrogen-bond donors (Lipinski definition) is 0. The fourth-order valence-corrected chi connectivity index (χ4v) is 7.82. The number of fused-ring (bicyclic) bond motifs is 8. The number of hydrogen-bond acceptors (Lipinski definition) is 4. The van der Waals surface area contributed by atoms with Gasteiger partial charge in [-0.1, -0.05) is 140 Å². The molecule has 0 aliphatic rings. The number of benzene rings is 9. The van der Waals surface area contributed by atoms with E-state index in [0.29, 0.717) is 17.5 Å². The highest BCUT2D eigenvalue weighted by Gasteiger charge is 2.21. The molecule has 0 saturated carbocycles. The first-order valence-corrected chi connectivity index (χ1v) is 17.8. The van der Waals surface area contributed by atoms with Crippen LogP contribution in [0.15, 0.2) is 180 Å². The van der Waals surface area contributed by atoms with Crippen molar-refractivity contribution >= 4 is 65.0 Å². The average molecular weight is 676 g/mol. The molecule has 0 fully saturated rings. The lowest BCUT2D eigenvalue weighted by atomic mass is 9.96. The second kappa shape index (κ2) is 11.7. The summed E-state index contributed by atoms with van der Waals surface area (Å²) in [5.74, 6) is 1.83. The van der Waals surface area contributed by atoms with E-state index in [0.717, 1.165) is 60.5 Å². The maximum absolute atomic E-state index is 6.71. The van der Waals surface area contributed by atoms with Crippen molar-refractivity contribution in [3.8, 4) is 45.3 Å². The molecule has 0 atom stereocenters. The number of aromatic nitrogens is 3. The number of nitrogens with zero attached hydrogens (tertiary/aromatic N) is 3. The van der Waals surface area contributed by atoms with Crippen molar-refractivity contribution in [2.24, 2.45) is 0 Å². The summed E-state index contributed by atoms with van der Waals surface area (Å²) in [7, 11) is 0. The number of para-hydroxylation sites is 1. The normalized spacial score (nSPS) is 11.8. The molecule has 0 N–H and O–H groups in total. The predicted molar refractivity (Wildman–Crippen MR) is 219 cm³/mol. The third-order valence-corrected chi connectivity index (χ3v) is 10.5. The third kappa shape index (κ3) is 4.88. The highest BCUT2D eigenvalue weighted by molar-refractivity contribution is 6.16. The quantitative estimate of drug-likeness (QED) is 0.174. The van der Waals surface area contributed by atoms with E-state index in [1.54, 1.807) is 0 Å². The molecule has 0 radical (unpaired) electrons. The van der Waals surface area contributed by atoms with Gasteiger partial charge in [0.05, 0.1) is 0 Å². The van der Waals surface area contributed by atoms with Gasteiger partial charge in [0.25, 0.3) is 0 Å². The molecule has 4 heteroatoms. The molecule has 2 aromatic heterocycles. The van der Waals surface area contributed by atoms with Crippen molar-refractivity contribution in [1.29, 1.82) is 0 Å². The van der Waals surface area contributed by atoms with Gasteiger partial charge in [-0.25, -0.2) is 15.0 Å². The Kier molecular flexibility index (Phi) is 6.52. The number of furan rings is 1. The largest absolute Gasteiger partial charge is 0.455 e. The molecular formula is C49H29N3O. The molecule has 0 bridgehead atoms. The van der Waals surface area contributed by atoms with Gasteiger partial charge in [-0.05, 0) is 85.1 Å². The summed E-state index contributed by atoms with van der Waals surface area (Å²) in [4.78, 5) is 15.7. The Bertz CT molecular complexity index is 3250. The molecule has 0 aliphatic heterocycles. The first-order valence-electron chi connectivity index (χ1n) is 17.8. The van der Waals surface area contributed by atoms with Crippen LogP contribution in [0.5, 0.6) is 0 Å². The van der Waals surface area contributed by atoms with E-state index in [-0.39, 0.29) is 0 Å². The van der Waals surface area contributed by atoms with Gasteiger partial charge in [0.15, 0.2) is 17.5 Å². The number of rotatable bonds is 4.